The van der Waals surface area contributed by atoms with Crippen molar-refractivity contribution < 1.29 is 9.53 Å². The van der Waals surface area contributed by atoms with E-state index < -0.39 is 0 Å². The van der Waals surface area contributed by atoms with Gasteiger partial charge in [0.05, 0.1) is 6.61 Å². The van der Waals surface area contributed by atoms with E-state index in [4.69, 9.17) is 4.74 Å². The second kappa shape index (κ2) is 10.7. The first kappa shape index (κ1) is 21.7. The topological polar surface area (TPSA) is 32.8 Å². The molecule has 2 fully saturated rings. The molecule has 0 N–H and O–H groups in total. The lowest BCUT2D eigenvalue weighted by molar-refractivity contribution is -0.134. The van der Waals surface area contributed by atoms with Gasteiger partial charge in [-0.2, -0.15) is 0 Å². The maximum atomic E-state index is 12.3. The van der Waals surface area contributed by atoms with Crippen molar-refractivity contribution in [1.82, 2.24) is 9.80 Å². The first-order chi connectivity index (χ1) is 14.8. The molecule has 0 spiro atoms. The number of rotatable bonds is 11. The van der Waals surface area contributed by atoms with Crippen molar-refractivity contribution in [3.05, 3.63) is 29.3 Å². The number of aryl methyl sites for hydroxylation is 1. The molecule has 1 aromatic rings. The van der Waals surface area contributed by atoms with Crippen LogP contribution in [0.4, 0.5) is 0 Å². The van der Waals surface area contributed by atoms with Crippen LogP contribution >= 0.6 is 0 Å². The van der Waals surface area contributed by atoms with Crippen molar-refractivity contribution in [2.24, 2.45) is 5.92 Å². The molecule has 1 saturated carbocycles. The van der Waals surface area contributed by atoms with E-state index in [2.05, 4.69) is 34.9 Å². The molecule has 1 aromatic carbocycles. The van der Waals surface area contributed by atoms with E-state index in [-0.39, 0.29) is 0 Å². The van der Waals surface area contributed by atoms with Gasteiger partial charge >= 0.3 is 0 Å². The van der Waals surface area contributed by atoms with Crippen LogP contribution in [-0.2, 0) is 11.2 Å². The summed E-state index contributed by atoms with van der Waals surface area (Å²) in [5.74, 6) is 1.79. The number of carbonyl (C=O) groups is 1. The number of benzene rings is 1. The van der Waals surface area contributed by atoms with Crippen LogP contribution in [0.25, 0.3) is 0 Å². The molecule has 30 heavy (non-hydrogen) atoms. The molecule has 1 atom stereocenters. The molecule has 1 unspecified atom stereocenters. The minimum Gasteiger partial charge on any atom is -0.494 e. The maximum absolute atomic E-state index is 12.3. The number of ether oxygens (including phenoxy) is 1. The third-order valence-electron chi connectivity index (χ3n) is 7.17. The smallest absolute Gasteiger partial charge is 0.225 e. The average Bonchev–Trinajstić information content (AvgIpc) is 3.55. The van der Waals surface area contributed by atoms with Crippen molar-refractivity contribution in [2.45, 2.75) is 83.6 Å². The fourth-order valence-corrected chi connectivity index (χ4v) is 5.12. The summed E-state index contributed by atoms with van der Waals surface area (Å²) in [6.07, 6.45) is 13.8. The minimum atomic E-state index is 0.347. The normalized spacial score (nSPS) is 21.6. The lowest BCUT2D eigenvalue weighted by Gasteiger charge is -2.38. The Balaban J connectivity index is 1.22. The summed E-state index contributed by atoms with van der Waals surface area (Å²) in [6, 6.07) is 7.24. The first-order valence-corrected chi connectivity index (χ1v) is 12.5. The van der Waals surface area contributed by atoms with Gasteiger partial charge in [-0.05, 0) is 55.4 Å². The van der Waals surface area contributed by atoms with Crippen molar-refractivity contribution in [2.75, 3.05) is 32.8 Å². The second-order valence-electron chi connectivity index (χ2n) is 9.52. The maximum Gasteiger partial charge on any atom is 0.225 e. The summed E-state index contributed by atoms with van der Waals surface area (Å²) in [6.45, 7) is 6.91. The molecule has 166 valence electrons. The van der Waals surface area contributed by atoms with E-state index in [1.807, 2.05) is 0 Å². The Bertz CT molecular complexity index is 692. The Kier molecular flexibility index (Phi) is 7.70. The Morgan fingerprint density at radius 1 is 0.967 bits per heavy atom. The lowest BCUT2D eigenvalue weighted by Crippen LogP contribution is -2.49. The highest BCUT2D eigenvalue weighted by Crippen LogP contribution is 2.38. The SMILES string of the molecule is CCCCCCCCCOc1ccc2c(c1)C(N1CCN(C(=O)C3CC3)CC1)CC2. The summed E-state index contributed by atoms with van der Waals surface area (Å²) in [4.78, 5) is 17.0. The van der Waals surface area contributed by atoms with E-state index in [0.717, 1.165) is 57.8 Å². The number of unbranched alkanes of at least 4 members (excludes halogenated alkanes) is 6. The van der Waals surface area contributed by atoms with E-state index in [9.17, 15) is 4.79 Å². The summed E-state index contributed by atoms with van der Waals surface area (Å²) in [5.41, 5.74) is 2.95. The zero-order chi connectivity index (χ0) is 20.8. The fraction of sp³-hybridized carbons (Fsp3) is 0.731. The molecule has 2 aliphatic carbocycles. The minimum absolute atomic E-state index is 0.347. The lowest BCUT2D eigenvalue weighted by atomic mass is 10.1. The van der Waals surface area contributed by atoms with Gasteiger partial charge in [0, 0.05) is 38.1 Å². The van der Waals surface area contributed by atoms with Crippen LogP contribution in [-0.4, -0.2) is 48.5 Å². The van der Waals surface area contributed by atoms with Gasteiger partial charge in [-0.3, -0.25) is 9.69 Å². The summed E-state index contributed by atoms with van der Waals surface area (Å²) in [7, 11) is 0. The Labute approximate surface area is 183 Å². The van der Waals surface area contributed by atoms with E-state index in [0.29, 0.717) is 17.9 Å². The van der Waals surface area contributed by atoms with Gasteiger partial charge in [-0.25, -0.2) is 0 Å². The number of fused-ring (bicyclic) bond motifs is 1. The molecule has 4 heteroatoms. The Morgan fingerprint density at radius 3 is 2.43 bits per heavy atom. The zero-order valence-corrected chi connectivity index (χ0v) is 18.9. The van der Waals surface area contributed by atoms with E-state index in [1.54, 1.807) is 0 Å². The Morgan fingerprint density at radius 2 is 1.70 bits per heavy atom. The highest BCUT2D eigenvalue weighted by atomic mass is 16.5. The molecule has 1 amide bonds. The summed E-state index contributed by atoms with van der Waals surface area (Å²) < 4.78 is 6.11. The van der Waals surface area contributed by atoms with E-state index >= 15 is 0 Å². The van der Waals surface area contributed by atoms with Gasteiger partial charge in [-0.1, -0.05) is 51.5 Å². The zero-order valence-electron chi connectivity index (χ0n) is 18.9. The average molecular weight is 413 g/mol. The van der Waals surface area contributed by atoms with Gasteiger partial charge in [0.15, 0.2) is 0 Å². The fourth-order valence-electron chi connectivity index (χ4n) is 5.12. The predicted octanol–water partition coefficient (Wildman–Crippen LogP) is 5.36. The van der Waals surface area contributed by atoms with Gasteiger partial charge in [-0.15, -0.1) is 0 Å². The van der Waals surface area contributed by atoms with Crippen molar-refractivity contribution in [3.63, 3.8) is 0 Å². The molecule has 1 aliphatic heterocycles. The van der Waals surface area contributed by atoms with Crippen LogP contribution in [0.2, 0.25) is 0 Å². The third kappa shape index (κ3) is 5.57. The molecule has 0 aromatic heterocycles. The highest BCUT2D eigenvalue weighted by molar-refractivity contribution is 5.81. The largest absolute Gasteiger partial charge is 0.494 e. The molecule has 4 nitrogen and oxygen atoms in total. The quantitative estimate of drug-likeness (QED) is 0.459. The highest BCUT2D eigenvalue weighted by Gasteiger charge is 2.36. The molecule has 3 aliphatic rings. The standard InChI is InChI=1S/C26H40N2O2/c1-2-3-4-5-6-7-8-19-30-23-13-11-21-12-14-25(24(21)20-23)27-15-17-28(18-16-27)26(29)22-9-10-22/h11,13,20,22,25H,2-10,12,14-19H2,1H3. The third-order valence-corrected chi connectivity index (χ3v) is 7.17. The van der Waals surface area contributed by atoms with Crippen molar-refractivity contribution >= 4 is 5.91 Å². The Hall–Kier alpha value is -1.55. The van der Waals surface area contributed by atoms with Crippen molar-refractivity contribution in [1.29, 1.82) is 0 Å². The number of amides is 1. The number of hydrogen-bond donors (Lipinski definition) is 0. The van der Waals surface area contributed by atoms with Gasteiger partial charge < -0.3 is 9.64 Å². The van der Waals surface area contributed by atoms with E-state index in [1.165, 1.54) is 62.5 Å². The van der Waals surface area contributed by atoms with Crippen LogP contribution in [0.3, 0.4) is 0 Å². The number of carbonyl (C=O) groups excluding carboxylic acids is 1. The number of hydrogen-bond acceptors (Lipinski definition) is 3. The summed E-state index contributed by atoms with van der Waals surface area (Å²) in [5, 5.41) is 0. The molecular weight excluding hydrogens is 372 g/mol. The molecule has 0 radical (unpaired) electrons. The van der Waals surface area contributed by atoms with Gasteiger partial charge in [0.1, 0.15) is 5.75 Å². The number of piperazine rings is 1. The molecular formula is C26H40N2O2. The van der Waals surface area contributed by atoms with Crippen LogP contribution in [0.5, 0.6) is 5.75 Å². The molecule has 0 bridgehead atoms. The summed E-state index contributed by atoms with van der Waals surface area (Å²) >= 11 is 0. The van der Waals surface area contributed by atoms with Crippen LogP contribution < -0.4 is 4.74 Å². The van der Waals surface area contributed by atoms with Crippen LogP contribution in [0.15, 0.2) is 18.2 Å². The van der Waals surface area contributed by atoms with Crippen LogP contribution in [0.1, 0.15) is 88.3 Å². The first-order valence-electron chi connectivity index (χ1n) is 12.5. The molecule has 1 saturated heterocycles. The second-order valence-corrected chi connectivity index (χ2v) is 9.52. The van der Waals surface area contributed by atoms with Crippen LogP contribution in [0, 0.1) is 5.92 Å². The predicted molar refractivity (Wildman–Crippen MR) is 122 cm³/mol. The molecule has 4 rings (SSSR count). The van der Waals surface area contributed by atoms with Crippen molar-refractivity contribution in [3.8, 4) is 5.75 Å². The monoisotopic (exact) mass is 412 g/mol. The number of nitrogens with zero attached hydrogens (tertiary/aromatic N) is 2. The van der Waals surface area contributed by atoms with Gasteiger partial charge in [0.25, 0.3) is 0 Å². The molecule has 1 heterocycles. The van der Waals surface area contributed by atoms with Gasteiger partial charge in [0.2, 0.25) is 5.91 Å².